The Labute approximate surface area is 168 Å². The van der Waals surface area contributed by atoms with Crippen LogP contribution in [0.25, 0.3) is 11.3 Å². The van der Waals surface area contributed by atoms with Gasteiger partial charge in [-0.3, -0.25) is 9.59 Å². The van der Waals surface area contributed by atoms with Crippen molar-refractivity contribution in [2.45, 2.75) is 26.7 Å². The van der Waals surface area contributed by atoms with Crippen LogP contribution >= 0.6 is 0 Å². The topological polar surface area (TPSA) is 84.2 Å². The fraction of sp³-hybridized carbons (Fsp3) is 0.227. The van der Waals surface area contributed by atoms with Crippen LogP contribution in [-0.2, 0) is 16.0 Å². The second-order valence-electron chi connectivity index (χ2n) is 6.89. The van der Waals surface area contributed by atoms with Crippen molar-refractivity contribution in [1.29, 1.82) is 0 Å². The predicted molar refractivity (Wildman–Crippen MR) is 109 cm³/mol. The minimum atomic E-state index is -0.319. The van der Waals surface area contributed by atoms with Crippen LogP contribution in [0.1, 0.15) is 26.2 Å². The van der Waals surface area contributed by atoms with Gasteiger partial charge in [-0.15, -0.1) is 0 Å². The molecule has 7 heteroatoms. The van der Waals surface area contributed by atoms with Crippen LogP contribution < -0.4 is 10.6 Å². The maximum Gasteiger partial charge on any atom is 0.226 e. The van der Waals surface area contributed by atoms with Crippen molar-refractivity contribution < 1.29 is 18.4 Å². The van der Waals surface area contributed by atoms with Gasteiger partial charge in [0, 0.05) is 35.7 Å². The van der Waals surface area contributed by atoms with E-state index < -0.39 is 0 Å². The van der Waals surface area contributed by atoms with Crippen molar-refractivity contribution in [2.75, 3.05) is 10.6 Å². The summed E-state index contributed by atoms with van der Waals surface area (Å²) in [5.74, 6) is 0.303. The average molecular weight is 395 g/mol. The summed E-state index contributed by atoms with van der Waals surface area (Å²) in [6.45, 7) is 3.64. The van der Waals surface area contributed by atoms with E-state index in [0.717, 1.165) is 5.56 Å². The number of aryl methyl sites for hydroxylation is 1. The molecule has 0 spiro atoms. The summed E-state index contributed by atoms with van der Waals surface area (Å²) in [6, 6.07) is 12.9. The molecule has 0 aliphatic rings. The number of rotatable bonds is 7. The number of carbonyl (C=O) groups excluding carboxylic acids is 2. The molecule has 0 bridgehead atoms. The van der Waals surface area contributed by atoms with E-state index >= 15 is 0 Å². The highest BCUT2D eigenvalue weighted by molar-refractivity contribution is 5.93. The molecule has 2 aromatic carbocycles. The zero-order chi connectivity index (χ0) is 20.8. The van der Waals surface area contributed by atoms with Gasteiger partial charge in [0.25, 0.3) is 0 Å². The molecule has 1 heterocycles. The quantitative estimate of drug-likeness (QED) is 0.610. The van der Waals surface area contributed by atoms with Gasteiger partial charge in [-0.25, -0.2) is 9.37 Å². The van der Waals surface area contributed by atoms with E-state index in [0.29, 0.717) is 29.4 Å². The minimum Gasteiger partial charge on any atom is -0.441 e. The van der Waals surface area contributed by atoms with E-state index in [9.17, 15) is 14.0 Å². The highest BCUT2D eigenvalue weighted by Crippen LogP contribution is 2.21. The van der Waals surface area contributed by atoms with Crippen LogP contribution in [0.2, 0.25) is 0 Å². The Kier molecular flexibility index (Phi) is 6.39. The molecule has 2 amide bonds. The van der Waals surface area contributed by atoms with Crippen molar-refractivity contribution in [2.24, 2.45) is 5.92 Å². The summed E-state index contributed by atoms with van der Waals surface area (Å²) in [5.41, 5.74) is 2.03. The zero-order valence-electron chi connectivity index (χ0n) is 16.2. The molecule has 0 saturated heterocycles. The Morgan fingerprint density at radius 3 is 2.24 bits per heavy atom. The van der Waals surface area contributed by atoms with Gasteiger partial charge >= 0.3 is 0 Å². The molecule has 0 atom stereocenters. The van der Waals surface area contributed by atoms with Crippen molar-refractivity contribution in [3.05, 3.63) is 66.4 Å². The number of halogens is 1. The molecule has 0 saturated carbocycles. The molecular formula is C22H22FN3O3. The Bertz CT molecular complexity index is 979. The van der Waals surface area contributed by atoms with Gasteiger partial charge in [0.15, 0.2) is 11.7 Å². The molecule has 3 rings (SSSR count). The molecule has 150 valence electrons. The lowest BCUT2D eigenvalue weighted by Gasteiger charge is -2.09. The lowest BCUT2D eigenvalue weighted by molar-refractivity contribution is -0.119. The zero-order valence-corrected chi connectivity index (χ0v) is 16.2. The molecule has 6 nitrogen and oxygen atoms in total. The van der Waals surface area contributed by atoms with Crippen molar-refractivity contribution in [3.8, 4) is 11.3 Å². The Hall–Kier alpha value is -3.48. The van der Waals surface area contributed by atoms with E-state index in [4.69, 9.17) is 4.42 Å². The van der Waals surface area contributed by atoms with Gasteiger partial charge in [0.2, 0.25) is 11.8 Å². The van der Waals surface area contributed by atoms with E-state index in [2.05, 4.69) is 15.6 Å². The summed E-state index contributed by atoms with van der Waals surface area (Å²) in [7, 11) is 0. The third-order valence-electron chi connectivity index (χ3n) is 4.21. The molecule has 0 unspecified atom stereocenters. The number of benzene rings is 2. The SMILES string of the molecule is CC(C)C(=O)Nc1ccc(NC(=O)CCc2ncc(-c3ccc(F)cc3)o2)cc1. The van der Waals surface area contributed by atoms with Crippen LogP contribution in [0.15, 0.2) is 59.1 Å². The first-order valence-corrected chi connectivity index (χ1v) is 9.32. The van der Waals surface area contributed by atoms with Crippen LogP contribution in [0.5, 0.6) is 0 Å². The van der Waals surface area contributed by atoms with Crippen LogP contribution in [0.3, 0.4) is 0 Å². The van der Waals surface area contributed by atoms with E-state index in [1.165, 1.54) is 12.1 Å². The number of amides is 2. The number of aromatic nitrogens is 1. The lowest BCUT2D eigenvalue weighted by atomic mass is 10.2. The Morgan fingerprint density at radius 2 is 1.62 bits per heavy atom. The lowest BCUT2D eigenvalue weighted by Crippen LogP contribution is -2.17. The maximum atomic E-state index is 13.0. The van der Waals surface area contributed by atoms with E-state index in [1.54, 1.807) is 42.6 Å². The molecule has 2 N–H and O–H groups in total. The highest BCUT2D eigenvalue weighted by Gasteiger charge is 2.10. The van der Waals surface area contributed by atoms with Gasteiger partial charge in [-0.1, -0.05) is 13.8 Å². The number of nitrogens with one attached hydrogen (secondary N) is 2. The number of anilines is 2. The van der Waals surface area contributed by atoms with Crippen molar-refractivity contribution in [3.63, 3.8) is 0 Å². The van der Waals surface area contributed by atoms with Crippen LogP contribution in [0.4, 0.5) is 15.8 Å². The second-order valence-corrected chi connectivity index (χ2v) is 6.89. The van der Waals surface area contributed by atoms with Crippen molar-refractivity contribution >= 4 is 23.2 Å². The molecule has 0 radical (unpaired) electrons. The average Bonchev–Trinajstić information content (AvgIpc) is 3.17. The third-order valence-corrected chi connectivity index (χ3v) is 4.21. The minimum absolute atomic E-state index is 0.0623. The van der Waals surface area contributed by atoms with E-state index in [1.807, 2.05) is 13.8 Å². The highest BCUT2D eigenvalue weighted by atomic mass is 19.1. The van der Waals surface area contributed by atoms with Gasteiger partial charge in [0.1, 0.15) is 5.82 Å². The number of oxazole rings is 1. The first kappa shape index (κ1) is 20.3. The van der Waals surface area contributed by atoms with Gasteiger partial charge in [0.05, 0.1) is 6.20 Å². The molecule has 0 fully saturated rings. The van der Waals surface area contributed by atoms with E-state index in [-0.39, 0.29) is 30.0 Å². The molecular weight excluding hydrogens is 373 g/mol. The van der Waals surface area contributed by atoms with Gasteiger partial charge in [-0.05, 0) is 48.5 Å². The number of carbonyl (C=O) groups is 2. The standard InChI is InChI=1S/C22H22FN3O3/c1-14(2)22(28)26-18-9-7-17(8-10-18)25-20(27)11-12-21-24-13-19(29-21)15-3-5-16(23)6-4-15/h3-10,13-14H,11-12H2,1-2H3,(H,25,27)(H,26,28). The smallest absolute Gasteiger partial charge is 0.226 e. The van der Waals surface area contributed by atoms with Gasteiger partial charge in [-0.2, -0.15) is 0 Å². The second kappa shape index (κ2) is 9.14. The fourth-order valence-corrected chi connectivity index (χ4v) is 2.54. The molecule has 3 aromatic rings. The van der Waals surface area contributed by atoms with Crippen molar-refractivity contribution in [1.82, 2.24) is 4.98 Å². The van der Waals surface area contributed by atoms with Crippen LogP contribution in [0, 0.1) is 11.7 Å². The Morgan fingerprint density at radius 1 is 1.00 bits per heavy atom. The maximum absolute atomic E-state index is 13.0. The first-order chi connectivity index (χ1) is 13.9. The number of hydrogen-bond donors (Lipinski definition) is 2. The third kappa shape index (κ3) is 5.75. The molecule has 0 aliphatic heterocycles. The molecule has 0 aliphatic carbocycles. The fourth-order valence-electron chi connectivity index (χ4n) is 2.54. The number of nitrogens with zero attached hydrogens (tertiary/aromatic N) is 1. The summed E-state index contributed by atoms with van der Waals surface area (Å²) >= 11 is 0. The van der Waals surface area contributed by atoms with Gasteiger partial charge < -0.3 is 15.1 Å². The summed E-state index contributed by atoms with van der Waals surface area (Å²) in [4.78, 5) is 28.0. The monoisotopic (exact) mass is 395 g/mol. The summed E-state index contributed by atoms with van der Waals surface area (Å²) in [5, 5.41) is 5.59. The first-order valence-electron chi connectivity index (χ1n) is 9.32. The molecule has 29 heavy (non-hydrogen) atoms. The largest absolute Gasteiger partial charge is 0.441 e. The Balaban J connectivity index is 1.50. The normalized spacial score (nSPS) is 10.8. The predicted octanol–water partition coefficient (Wildman–Crippen LogP) is 4.65. The molecule has 1 aromatic heterocycles. The summed E-state index contributed by atoms with van der Waals surface area (Å²) in [6.07, 6.45) is 2.11. The van der Waals surface area contributed by atoms with Crippen LogP contribution in [-0.4, -0.2) is 16.8 Å². The summed E-state index contributed by atoms with van der Waals surface area (Å²) < 4.78 is 18.6. The number of hydrogen-bond acceptors (Lipinski definition) is 4.